The van der Waals surface area contributed by atoms with Crippen molar-refractivity contribution in [1.29, 1.82) is 0 Å². The number of hydrogen-bond acceptors (Lipinski definition) is 4. The minimum atomic E-state index is -3.94. The van der Waals surface area contributed by atoms with Crippen LogP contribution in [0, 0.1) is 23.6 Å². The Morgan fingerprint density at radius 2 is 1.56 bits per heavy atom. The van der Waals surface area contributed by atoms with Crippen LogP contribution in [0.5, 0.6) is 0 Å². The van der Waals surface area contributed by atoms with Crippen molar-refractivity contribution < 1.29 is 22.4 Å². The first-order chi connectivity index (χ1) is 16.2. The molecule has 0 radical (unpaired) electrons. The second-order valence-electron chi connectivity index (χ2n) is 10.5. The number of carbonyl (C=O) groups excluding carboxylic acids is 2. The van der Waals surface area contributed by atoms with Gasteiger partial charge in [-0.05, 0) is 68.4 Å². The number of rotatable bonds is 6. The average molecular weight is 493 g/mol. The lowest BCUT2D eigenvalue weighted by Crippen LogP contribution is -2.61. The van der Waals surface area contributed by atoms with Gasteiger partial charge in [0.2, 0.25) is 15.9 Å². The number of amides is 3. The van der Waals surface area contributed by atoms with Crippen LogP contribution in [0.4, 0.5) is 9.18 Å². The monoisotopic (exact) mass is 492 g/mol. The number of nitrogens with zero attached hydrogens (tertiary/aromatic N) is 2. The van der Waals surface area contributed by atoms with E-state index in [1.807, 2.05) is 0 Å². The van der Waals surface area contributed by atoms with Crippen LogP contribution in [0.15, 0.2) is 29.2 Å². The molecular formula is C24H33FN4O4S. The lowest BCUT2D eigenvalue weighted by Gasteiger charge is -2.56. The standard InChI is InChI=1S/C24H33FN4O4S/c25-20-3-1-2-4-21(20)34(32,33)29-9-7-28(8-10-29)22(30)5-6-26-23(31)27-24-14-17-11-18(15-24)13-19(12-17)16-24/h1-4,17-19H,5-16H2,(H2,26,27,31). The molecule has 186 valence electrons. The summed E-state index contributed by atoms with van der Waals surface area (Å²) in [5.41, 5.74) is -0.0666. The molecule has 5 fully saturated rings. The van der Waals surface area contributed by atoms with Gasteiger partial charge in [0.25, 0.3) is 0 Å². The van der Waals surface area contributed by atoms with E-state index in [-0.39, 0.29) is 61.5 Å². The second-order valence-corrected chi connectivity index (χ2v) is 12.5. The maximum atomic E-state index is 14.0. The Kier molecular flexibility index (Phi) is 6.31. The van der Waals surface area contributed by atoms with Gasteiger partial charge >= 0.3 is 6.03 Å². The molecule has 0 aromatic heterocycles. The highest BCUT2D eigenvalue weighted by Crippen LogP contribution is 2.55. The molecule has 1 saturated heterocycles. The quantitative estimate of drug-likeness (QED) is 0.637. The van der Waals surface area contributed by atoms with Gasteiger partial charge in [-0.2, -0.15) is 4.31 Å². The molecule has 0 spiro atoms. The topological polar surface area (TPSA) is 98.8 Å². The van der Waals surface area contributed by atoms with E-state index in [2.05, 4.69) is 10.6 Å². The van der Waals surface area contributed by atoms with Crippen LogP contribution >= 0.6 is 0 Å². The number of urea groups is 1. The predicted molar refractivity (Wildman–Crippen MR) is 124 cm³/mol. The first kappa shape index (κ1) is 23.5. The van der Waals surface area contributed by atoms with Gasteiger partial charge in [-0.25, -0.2) is 17.6 Å². The summed E-state index contributed by atoms with van der Waals surface area (Å²) in [6.07, 6.45) is 7.32. The number of sulfonamides is 1. The summed E-state index contributed by atoms with van der Waals surface area (Å²) in [7, 11) is -3.94. The molecule has 10 heteroatoms. The van der Waals surface area contributed by atoms with E-state index in [1.165, 1.54) is 41.8 Å². The van der Waals surface area contributed by atoms with E-state index in [0.717, 1.165) is 43.1 Å². The van der Waals surface area contributed by atoms with Crippen LogP contribution in [0.1, 0.15) is 44.9 Å². The zero-order valence-electron chi connectivity index (χ0n) is 19.3. The molecule has 4 saturated carbocycles. The first-order valence-electron chi connectivity index (χ1n) is 12.3. The fraction of sp³-hybridized carbons (Fsp3) is 0.667. The smallest absolute Gasteiger partial charge is 0.315 e. The third-order valence-electron chi connectivity index (χ3n) is 8.09. The molecule has 1 aromatic rings. The average Bonchev–Trinajstić information content (AvgIpc) is 2.78. The number of hydrogen-bond donors (Lipinski definition) is 2. The van der Waals surface area contributed by atoms with Crippen molar-refractivity contribution in [3.63, 3.8) is 0 Å². The van der Waals surface area contributed by atoms with E-state index in [9.17, 15) is 22.4 Å². The molecule has 8 nitrogen and oxygen atoms in total. The molecule has 1 aromatic carbocycles. The zero-order valence-corrected chi connectivity index (χ0v) is 20.2. The lowest BCUT2D eigenvalue weighted by molar-refractivity contribution is -0.132. The highest BCUT2D eigenvalue weighted by Gasteiger charge is 2.51. The van der Waals surface area contributed by atoms with Crippen molar-refractivity contribution in [2.75, 3.05) is 32.7 Å². The summed E-state index contributed by atoms with van der Waals surface area (Å²) in [5.74, 6) is 1.33. The molecule has 0 atom stereocenters. The Hall–Kier alpha value is -2.20. The van der Waals surface area contributed by atoms with Gasteiger partial charge in [-0.15, -0.1) is 0 Å². The van der Waals surface area contributed by atoms with Crippen molar-refractivity contribution >= 4 is 22.0 Å². The molecule has 0 unspecified atom stereocenters. The van der Waals surface area contributed by atoms with E-state index >= 15 is 0 Å². The summed E-state index contributed by atoms with van der Waals surface area (Å²) in [6, 6.07) is 5.11. The van der Waals surface area contributed by atoms with Crippen LogP contribution in [0.25, 0.3) is 0 Å². The number of carbonyl (C=O) groups is 2. The predicted octanol–water partition coefficient (Wildman–Crippen LogP) is 2.32. The van der Waals surface area contributed by atoms with E-state index in [0.29, 0.717) is 0 Å². The van der Waals surface area contributed by atoms with Crippen molar-refractivity contribution in [3.8, 4) is 0 Å². The van der Waals surface area contributed by atoms with E-state index in [1.54, 1.807) is 4.90 Å². The highest BCUT2D eigenvalue weighted by molar-refractivity contribution is 7.89. The molecule has 4 bridgehead atoms. The zero-order chi connectivity index (χ0) is 23.9. The van der Waals surface area contributed by atoms with E-state index in [4.69, 9.17) is 0 Å². The number of benzene rings is 1. The third kappa shape index (κ3) is 4.66. The molecule has 1 aliphatic heterocycles. The summed E-state index contributed by atoms with van der Waals surface area (Å²) in [4.78, 5) is 26.4. The van der Waals surface area contributed by atoms with Crippen LogP contribution in [-0.4, -0.2) is 67.8 Å². The van der Waals surface area contributed by atoms with Crippen molar-refractivity contribution in [2.24, 2.45) is 17.8 Å². The molecule has 1 heterocycles. The Labute approximate surface area is 200 Å². The number of nitrogens with one attached hydrogen (secondary N) is 2. The summed E-state index contributed by atoms with van der Waals surface area (Å²) in [5, 5.41) is 6.08. The second kappa shape index (κ2) is 9.11. The van der Waals surface area contributed by atoms with Gasteiger partial charge in [-0.3, -0.25) is 4.79 Å². The van der Waals surface area contributed by atoms with Crippen molar-refractivity contribution in [3.05, 3.63) is 30.1 Å². The largest absolute Gasteiger partial charge is 0.340 e. The van der Waals surface area contributed by atoms with Crippen molar-refractivity contribution in [2.45, 2.75) is 55.4 Å². The summed E-state index contributed by atoms with van der Waals surface area (Å²) < 4.78 is 40.6. The molecule has 2 N–H and O–H groups in total. The van der Waals surface area contributed by atoms with E-state index < -0.39 is 15.8 Å². The minimum Gasteiger partial charge on any atom is -0.340 e. The SMILES string of the molecule is O=C(NCCC(=O)N1CCN(S(=O)(=O)c2ccccc2F)CC1)NC12CC3CC(CC(C3)C1)C2. The Bertz CT molecular complexity index is 1020. The maximum absolute atomic E-state index is 14.0. The Morgan fingerprint density at radius 1 is 0.971 bits per heavy atom. The summed E-state index contributed by atoms with van der Waals surface area (Å²) in [6.45, 7) is 0.952. The maximum Gasteiger partial charge on any atom is 0.315 e. The highest BCUT2D eigenvalue weighted by atomic mass is 32.2. The van der Waals surface area contributed by atoms with Gasteiger partial charge in [-0.1, -0.05) is 12.1 Å². The van der Waals surface area contributed by atoms with Gasteiger partial charge in [0, 0.05) is 44.7 Å². The molecular weight excluding hydrogens is 459 g/mol. The van der Waals surface area contributed by atoms with Gasteiger partial charge in [0.05, 0.1) is 0 Å². The van der Waals surface area contributed by atoms with Gasteiger partial charge in [0.1, 0.15) is 10.7 Å². The van der Waals surface area contributed by atoms with Crippen molar-refractivity contribution in [1.82, 2.24) is 19.8 Å². The van der Waals surface area contributed by atoms with Crippen LogP contribution in [0.2, 0.25) is 0 Å². The van der Waals surface area contributed by atoms with Gasteiger partial charge in [0.15, 0.2) is 0 Å². The fourth-order valence-corrected chi connectivity index (χ4v) is 8.45. The molecule has 4 aliphatic carbocycles. The third-order valence-corrected chi connectivity index (χ3v) is 10.0. The van der Waals surface area contributed by atoms with Gasteiger partial charge < -0.3 is 15.5 Å². The first-order valence-corrected chi connectivity index (χ1v) is 13.8. The number of halogens is 1. The van der Waals surface area contributed by atoms with Crippen LogP contribution in [0.3, 0.4) is 0 Å². The Balaban J connectivity index is 1.06. The molecule has 34 heavy (non-hydrogen) atoms. The normalized spacial score (nSPS) is 30.9. The number of piperazine rings is 1. The molecule has 6 rings (SSSR count). The molecule has 5 aliphatic rings. The fourth-order valence-electron chi connectivity index (χ4n) is 6.96. The van der Waals surface area contributed by atoms with Crippen LogP contribution < -0.4 is 10.6 Å². The Morgan fingerprint density at radius 3 is 2.15 bits per heavy atom. The summed E-state index contributed by atoms with van der Waals surface area (Å²) >= 11 is 0. The lowest BCUT2D eigenvalue weighted by atomic mass is 9.53. The molecule has 3 amide bonds. The van der Waals surface area contributed by atoms with Crippen LogP contribution in [-0.2, 0) is 14.8 Å². The minimum absolute atomic E-state index is 0.0666.